The Morgan fingerprint density at radius 3 is 2.70 bits per heavy atom. The highest BCUT2D eigenvalue weighted by atomic mass is 16.5. The average Bonchev–Trinajstić information content (AvgIpc) is 2.47. The van der Waals surface area contributed by atoms with Crippen molar-refractivity contribution in [1.29, 1.82) is 5.26 Å². The fraction of sp³-hybridized carbons (Fsp3) is 0.562. The van der Waals surface area contributed by atoms with Crippen LogP contribution in [0, 0.1) is 17.2 Å². The Hall–Kier alpha value is -1.57. The van der Waals surface area contributed by atoms with Gasteiger partial charge in [-0.15, -0.1) is 0 Å². The minimum absolute atomic E-state index is 0.519. The fourth-order valence-electron chi connectivity index (χ4n) is 2.82. The van der Waals surface area contributed by atoms with E-state index in [0.29, 0.717) is 11.5 Å². The third-order valence-electron chi connectivity index (χ3n) is 3.97. The summed E-state index contributed by atoms with van der Waals surface area (Å²) in [6.45, 7) is 4.48. The predicted molar refractivity (Wildman–Crippen MR) is 78.6 cm³/mol. The molecule has 0 radical (unpaired) electrons. The lowest BCUT2D eigenvalue weighted by molar-refractivity contribution is 0.139. The van der Waals surface area contributed by atoms with E-state index in [9.17, 15) is 5.11 Å². The normalized spacial score (nSPS) is 17.8. The van der Waals surface area contributed by atoms with Gasteiger partial charge in [0.15, 0.2) is 0 Å². The summed E-state index contributed by atoms with van der Waals surface area (Å²) in [7, 11) is 1.74. The zero-order chi connectivity index (χ0) is 14.5. The summed E-state index contributed by atoms with van der Waals surface area (Å²) in [5, 5.41) is 19.0. The number of hydrogen-bond acceptors (Lipinski definition) is 4. The summed E-state index contributed by atoms with van der Waals surface area (Å²) in [5.41, 5.74) is 2.53. The average molecular weight is 274 g/mol. The number of piperidine rings is 1. The van der Waals surface area contributed by atoms with Crippen molar-refractivity contribution in [2.75, 3.05) is 31.7 Å². The van der Waals surface area contributed by atoms with Crippen LogP contribution in [0.15, 0.2) is 18.2 Å². The molecule has 0 unspecified atom stereocenters. The van der Waals surface area contributed by atoms with E-state index in [1.54, 1.807) is 20.1 Å². The van der Waals surface area contributed by atoms with Crippen LogP contribution < -0.4 is 4.90 Å². The zero-order valence-electron chi connectivity index (χ0n) is 12.2. The van der Waals surface area contributed by atoms with Gasteiger partial charge in [-0.3, -0.25) is 0 Å². The molecule has 0 aliphatic carbocycles. The minimum atomic E-state index is -0.519. The molecule has 1 N–H and O–H groups in total. The molecule has 2 rings (SSSR count). The molecule has 20 heavy (non-hydrogen) atoms. The molecule has 1 saturated heterocycles. The van der Waals surface area contributed by atoms with Gasteiger partial charge in [0.25, 0.3) is 0 Å². The van der Waals surface area contributed by atoms with Gasteiger partial charge in [0, 0.05) is 38.1 Å². The number of nitrogens with zero attached hydrogens (tertiary/aromatic N) is 2. The molecule has 1 atom stereocenters. The van der Waals surface area contributed by atoms with Gasteiger partial charge in [-0.25, -0.2) is 0 Å². The molecule has 4 nitrogen and oxygen atoms in total. The van der Waals surface area contributed by atoms with E-state index in [-0.39, 0.29) is 0 Å². The van der Waals surface area contributed by atoms with Crippen LogP contribution in [0.25, 0.3) is 0 Å². The molecule has 4 heteroatoms. The van der Waals surface area contributed by atoms with Crippen molar-refractivity contribution in [1.82, 2.24) is 0 Å². The van der Waals surface area contributed by atoms with Gasteiger partial charge in [-0.05, 0) is 37.8 Å². The molecule has 1 aliphatic rings. The number of benzene rings is 1. The van der Waals surface area contributed by atoms with Crippen molar-refractivity contribution in [3.8, 4) is 6.07 Å². The molecule has 1 aliphatic heterocycles. The van der Waals surface area contributed by atoms with Crippen LogP contribution in [0.4, 0.5) is 5.69 Å². The minimum Gasteiger partial charge on any atom is -0.389 e. The molecule has 0 saturated carbocycles. The topological polar surface area (TPSA) is 56.5 Å². The third-order valence-corrected chi connectivity index (χ3v) is 3.97. The van der Waals surface area contributed by atoms with E-state index in [1.807, 2.05) is 12.1 Å². The van der Waals surface area contributed by atoms with Gasteiger partial charge in [0.1, 0.15) is 0 Å². The van der Waals surface area contributed by atoms with E-state index in [2.05, 4.69) is 11.0 Å². The van der Waals surface area contributed by atoms with Crippen LogP contribution in [-0.2, 0) is 4.74 Å². The van der Waals surface area contributed by atoms with E-state index in [1.165, 1.54) is 0 Å². The van der Waals surface area contributed by atoms with Crippen molar-refractivity contribution in [2.45, 2.75) is 25.9 Å². The van der Waals surface area contributed by atoms with Crippen LogP contribution in [0.5, 0.6) is 0 Å². The first kappa shape index (κ1) is 14.8. The number of hydrogen-bond donors (Lipinski definition) is 1. The third kappa shape index (κ3) is 3.30. The second-order valence-corrected chi connectivity index (χ2v) is 5.45. The molecule has 0 aromatic heterocycles. The molecule has 1 aromatic rings. The standard InChI is InChI=1S/C16H22N2O2/c1-12(19)15-4-3-14(10-17)9-16(15)18-7-5-13(6-8-18)11-20-2/h3-4,9,12-13,19H,5-8,11H2,1-2H3/t12-/m0/s1. The first-order chi connectivity index (χ1) is 9.65. The summed E-state index contributed by atoms with van der Waals surface area (Å²) in [6, 6.07) is 7.69. The number of ether oxygens (including phenoxy) is 1. The Balaban J connectivity index is 2.18. The lowest BCUT2D eigenvalue weighted by atomic mass is 9.95. The highest BCUT2D eigenvalue weighted by Gasteiger charge is 2.22. The highest BCUT2D eigenvalue weighted by molar-refractivity contribution is 5.58. The molecule has 108 valence electrons. The number of methoxy groups -OCH3 is 1. The largest absolute Gasteiger partial charge is 0.389 e. The Bertz CT molecular complexity index is 486. The van der Waals surface area contributed by atoms with E-state index in [4.69, 9.17) is 10.00 Å². The first-order valence-corrected chi connectivity index (χ1v) is 7.11. The summed E-state index contributed by atoms with van der Waals surface area (Å²) in [5.74, 6) is 0.616. The van der Waals surface area contributed by atoms with Crippen molar-refractivity contribution < 1.29 is 9.84 Å². The quantitative estimate of drug-likeness (QED) is 0.916. The number of anilines is 1. The van der Waals surface area contributed by atoms with E-state index in [0.717, 1.165) is 43.8 Å². The Kier molecular flexibility index (Phi) is 4.99. The number of aliphatic hydroxyl groups excluding tert-OH is 1. The molecule has 1 fully saturated rings. The van der Waals surface area contributed by atoms with Crippen molar-refractivity contribution in [3.63, 3.8) is 0 Å². The smallest absolute Gasteiger partial charge is 0.0992 e. The molecule has 1 heterocycles. The highest BCUT2D eigenvalue weighted by Crippen LogP contribution is 2.31. The molecule has 0 spiro atoms. The number of nitriles is 1. The van der Waals surface area contributed by atoms with E-state index < -0.39 is 6.10 Å². The van der Waals surface area contributed by atoms with Crippen LogP contribution in [0.1, 0.15) is 37.0 Å². The lowest BCUT2D eigenvalue weighted by Gasteiger charge is -2.35. The second-order valence-electron chi connectivity index (χ2n) is 5.45. The van der Waals surface area contributed by atoms with Crippen LogP contribution in [0.2, 0.25) is 0 Å². The molecule has 0 amide bonds. The Morgan fingerprint density at radius 1 is 1.45 bits per heavy atom. The van der Waals surface area contributed by atoms with Gasteiger partial charge < -0.3 is 14.7 Å². The maximum Gasteiger partial charge on any atom is 0.0992 e. The lowest BCUT2D eigenvalue weighted by Crippen LogP contribution is -2.35. The summed E-state index contributed by atoms with van der Waals surface area (Å²) < 4.78 is 5.22. The van der Waals surface area contributed by atoms with Crippen molar-refractivity contribution in [3.05, 3.63) is 29.3 Å². The summed E-state index contributed by atoms with van der Waals surface area (Å²) in [6.07, 6.45) is 1.66. The van der Waals surface area contributed by atoms with Crippen LogP contribution in [-0.4, -0.2) is 31.9 Å². The molecular formula is C16H22N2O2. The van der Waals surface area contributed by atoms with Crippen molar-refractivity contribution in [2.24, 2.45) is 5.92 Å². The second kappa shape index (κ2) is 6.74. The van der Waals surface area contributed by atoms with Gasteiger partial charge in [0.05, 0.1) is 17.7 Å². The molecular weight excluding hydrogens is 252 g/mol. The maximum absolute atomic E-state index is 9.91. The number of rotatable bonds is 4. The zero-order valence-corrected chi connectivity index (χ0v) is 12.2. The monoisotopic (exact) mass is 274 g/mol. The molecule has 0 bridgehead atoms. The van der Waals surface area contributed by atoms with Gasteiger partial charge in [-0.1, -0.05) is 6.07 Å². The van der Waals surface area contributed by atoms with Crippen LogP contribution >= 0.6 is 0 Å². The van der Waals surface area contributed by atoms with Gasteiger partial charge in [-0.2, -0.15) is 5.26 Å². The van der Waals surface area contributed by atoms with Gasteiger partial charge >= 0.3 is 0 Å². The first-order valence-electron chi connectivity index (χ1n) is 7.11. The van der Waals surface area contributed by atoms with E-state index >= 15 is 0 Å². The maximum atomic E-state index is 9.91. The molecule has 1 aromatic carbocycles. The SMILES string of the molecule is COCC1CCN(c2cc(C#N)ccc2[C@H](C)O)CC1. The fourth-order valence-corrected chi connectivity index (χ4v) is 2.82. The van der Waals surface area contributed by atoms with Gasteiger partial charge in [0.2, 0.25) is 0 Å². The predicted octanol–water partition coefficient (Wildman–Crippen LogP) is 2.47. The summed E-state index contributed by atoms with van der Waals surface area (Å²) >= 11 is 0. The van der Waals surface area contributed by atoms with Crippen molar-refractivity contribution >= 4 is 5.69 Å². The number of aliphatic hydroxyl groups is 1. The summed E-state index contributed by atoms with van der Waals surface area (Å²) in [4.78, 5) is 2.27. The Labute approximate surface area is 120 Å². The van der Waals surface area contributed by atoms with Crippen LogP contribution in [0.3, 0.4) is 0 Å². The Morgan fingerprint density at radius 2 is 2.15 bits per heavy atom.